The van der Waals surface area contributed by atoms with Crippen LogP contribution in [0.25, 0.3) is 10.9 Å². The zero-order valence-electron chi connectivity index (χ0n) is 23.1. The van der Waals surface area contributed by atoms with Gasteiger partial charge in [-0.15, -0.1) is 0 Å². The molecule has 8 nitrogen and oxygen atoms in total. The molecule has 1 saturated heterocycles. The Morgan fingerprint density at radius 2 is 1.70 bits per heavy atom. The van der Waals surface area contributed by atoms with Gasteiger partial charge in [-0.2, -0.15) is 0 Å². The van der Waals surface area contributed by atoms with Crippen molar-refractivity contribution in [3.63, 3.8) is 0 Å². The summed E-state index contributed by atoms with van der Waals surface area (Å²) in [5.41, 5.74) is 2.50. The van der Waals surface area contributed by atoms with E-state index >= 15 is 0 Å². The lowest BCUT2D eigenvalue weighted by Crippen LogP contribution is -2.54. The van der Waals surface area contributed by atoms with E-state index in [1.807, 2.05) is 24.3 Å². The Bertz CT molecular complexity index is 1310. The summed E-state index contributed by atoms with van der Waals surface area (Å²) in [6.07, 6.45) is 9.49. The highest BCUT2D eigenvalue weighted by Crippen LogP contribution is 2.31. The van der Waals surface area contributed by atoms with E-state index in [9.17, 15) is 19.5 Å². The number of carbonyl (C=O) groups is 3. The van der Waals surface area contributed by atoms with Crippen LogP contribution in [-0.4, -0.2) is 69.7 Å². The second-order valence-electron chi connectivity index (χ2n) is 11.2. The molecule has 2 aliphatic rings. The van der Waals surface area contributed by atoms with Crippen molar-refractivity contribution < 1.29 is 19.5 Å². The molecule has 1 aliphatic heterocycles. The highest BCUT2D eigenvalue weighted by Gasteiger charge is 2.39. The lowest BCUT2D eigenvalue weighted by molar-refractivity contribution is -0.137. The van der Waals surface area contributed by atoms with Gasteiger partial charge in [-0.1, -0.05) is 49.6 Å². The monoisotopic (exact) mass is 544 g/mol. The molecule has 0 spiro atoms. The molecule has 3 aromatic rings. The van der Waals surface area contributed by atoms with E-state index in [2.05, 4.69) is 15.2 Å². The second kappa shape index (κ2) is 13.2. The van der Waals surface area contributed by atoms with Crippen LogP contribution in [0.2, 0.25) is 0 Å². The maximum Gasteiger partial charge on any atom is 0.295 e. The normalized spacial score (nSPS) is 17.1. The van der Waals surface area contributed by atoms with Gasteiger partial charge in [-0.3, -0.25) is 14.4 Å². The van der Waals surface area contributed by atoms with Crippen molar-refractivity contribution in [1.82, 2.24) is 14.8 Å². The molecule has 0 radical (unpaired) electrons. The summed E-state index contributed by atoms with van der Waals surface area (Å²) >= 11 is 0. The summed E-state index contributed by atoms with van der Waals surface area (Å²) in [6.45, 7) is 3.22. The Morgan fingerprint density at radius 1 is 0.975 bits per heavy atom. The summed E-state index contributed by atoms with van der Waals surface area (Å²) in [4.78, 5) is 48.9. The highest BCUT2D eigenvalue weighted by molar-refractivity contribution is 6.45. The number of hydrogen-bond donors (Lipinski definition) is 3. The van der Waals surface area contributed by atoms with Crippen LogP contribution in [0.4, 0.5) is 5.69 Å². The van der Waals surface area contributed by atoms with E-state index in [1.54, 1.807) is 35.4 Å². The molecular formula is C32H40N4O4. The van der Waals surface area contributed by atoms with E-state index in [1.165, 1.54) is 12.8 Å². The Morgan fingerprint density at radius 3 is 2.42 bits per heavy atom. The van der Waals surface area contributed by atoms with Gasteiger partial charge in [0.25, 0.3) is 11.7 Å². The van der Waals surface area contributed by atoms with E-state index in [4.69, 9.17) is 0 Å². The number of aliphatic hydroxyl groups is 1. The standard InChI is InChI=1S/C32H40N4O4/c37-22-23-13-15-25(16-14-23)34-31(39)29(24-9-2-1-3-10-24)36(20-8-19-35-17-6-7-18-35)32(40)30(38)27-21-33-28-12-5-4-11-26(27)28/h4-5,11-16,21,24,29,33,37H,1-3,6-10,17-20,22H2,(H,34,39). The number of likely N-dealkylation sites (tertiary alicyclic amines) is 1. The van der Waals surface area contributed by atoms with Crippen LogP contribution in [-0.2, 0) is 16.2 Å². The number of para-hydroxylation sites is 1. The molecule has 1 aliphatic carbocycles. The average molecular weight is 545 g/mol. The number of rotatable bonds is 11. The van der Waals surface area contributed by atoms with Crippen molar-refractivity contribution in [3.8, 4) is 0 Å². The molecule has 40 heavy (non-hydrogen) atoms. The number of ketones is 1. The molecule has 5 rings (SSSR count). The average Bonchev–Trinajstić information content (AvgIpc) is 3.67. The number of nitrogens with one attached hydrogen (secondary N) is 2. The summed E-state index contributed by atoms with van der Waals surface area (Å²) in [6, 6.07) is 13.8. The zero-order chi connectivity index (χ0) is 27.9. The maximum atomic E-state index is 14.1. The van der Waals surface area contributed by atoms with Crippen LogP contribution in [0, 0.1) is 5.92 Å². The summed E-state index contributed by atoms with van der Waals surface area (Å²) < 4.78 is 0. The Labute approximate surface area is 235 Å². The number of hydrogen-bond acceptors (Lipinski definition) is 5. The zero-order valence-corrected chi connectivity index (χ0v) is 23.1. The van der Waals surface area contributed by atoms with Gasteiger partial charge < -0.3 is 25.2 Å². The molecule has 1 atom stereocenters. The number of nitrogens with zero attached hydrogens (tertiary/aromatic N) is 2. The van der Waals surface area contributed by atoms with Crippen LogP contribution in [0.15, 0.2) is 54.7 Å². The third kappa shape index (κ3) is 6.45. The van der Waals surface area contributed by atoms with Crippen molar-refractivity contribution in [1.29, 1.82) is 0 Å². The van der Waals surface area contributed by atoms with Gasteiger partial charge in [-0.25, -0.2) is 0 Å². The van der Waals surface area contributed by atoms with Crippen molar-refractivity contribution in [2.24, 2.45) is 5.92 Å². The van der Waals surface area contributed by atoms with E-state index in [-0.39, 0.29) is 18.4 Å². The molecule has 212 valence electrons. The van der Waals surface area contributed by atoms with Gasteiger partial charge in [-0.05, 0) is 81.4 Å². The summed E-state index contributed by atoms with van der Waals surface area (Å²) in [5, 5.41) is 13.1. The molecule has 1 saturated carbocycles. The first-order valence-corrected chi connectivity index (χ1v) is 14.7. The van der Waals surface area contributed by atoms with Gasteiger partial charge >= 0.3 is 0 Å². The minimum atomic E-state index is -0.738. The topological polar surface area (TPSA) is 106 Å². The Balaban J connectivity index is 1.44. The van der Waals surface area contributed by atoms with Gasteiger partial charge in [0.2, 0.25) is 5.91 Å². The number of fused-ring (bicyclic) bond motifs is 1. The van der Waals surface area contributed by atoms with Gasteiger partial charge in [0.15, 0.2) is 0 Å². The molecule has 2 fully saturated rings. The molecule has 2 aromatic carbocycles. The predicted octanol–water partition coefficient (Wildman–Crippen LogP) is 4.75. The number of benzene rings is 2. The molecule has 2 heterocycles. The summed E-state index contributed by atoms with van der Waals surface area (Å²) in [5.74, 6) is -1.48. The Kier molecular flexibility index (Phi) is 9.29. The third-order valence-electron chi connectivity index (χ3n) is 8.47. The van der Waals surface area contributed by atoms with Gasteiger partial charge in [0.05, 0.1) is 12.2 Å². The highest BCUT2D eigenvalue weighted by atomic mass is 16.3. The number of carbonyl (C=O) groups excluding carboxylic acids is 3. The van der Waals surface area contributed by atoms with Crippen molar-refractivity contribution >= 4 is 34.2 Å². The van der Waals surface area contributed by atoms with Crippen LogP contribution >= 0.6 is 0 Å². The minimum Gasteiger partial charge on any atom is -0.392 e. The molecule has 1 aromatic heterocycles. The number of aliphatic hydroxyl groups excluding tert-OH is 1. The molecular weight excluding hydrogens is 504 g/mol. The quantitative estimate of drug-likeness (QED) is 0.239. The summed E-state index contributed by atoms with van der Waals surface area (Å²) in [7, 11) is 0. The van der Waals surface area contributed by atoms with Crippen LogP contribution in [0.5, 0.6) is 0 Å². The third-order valence-corrected chi connectivity index (χ3v) is 8.47. The molecule has 2 amide bonds. The van der Waals surface area contributed by atoms with Crippen LogP contribution < -0.4 is 5.32 Å². The number of anilines is 1. The van der Waals surface area contributed by atoms with Crippen molar-refractivity contribution in [2.45, 2.75) is 64.0 Å². The largest absolute Gasteiger partial charge is 0.392 e. The van der Waals surface area contributed by atoms with E-state index in [0.717, 1.165) is 62.8 Å². The number of aromatic nitrogens is 1. The first-order valence-electron chi connectivity index (χ1n) is 14.7. The maximum absolute atomic E-state index is 14.1. The number of amides is 2. The van der Waals surface area contributed by atoms with E-state index in [0.29, 0.717) is 29.6 Å². The lowest BCUT2D eigenvalue weighted by Gasteiger charge is -2.37. The Hall–Kier alpha value is -3.49. The van der Waals surface area contributed by atoms with Crippen molar-refractivity contribution in [2.75, 3.05) is 31.5 Å². The lowest BCUT2D eigenvalue weighted by atomic mass is 9.82. The molecule has 1 unspecified atom stereocenters. The molecule has 8 heteroatoms. The van der Waals surface area contributed by atoms with Gasteiger partial charge in [0.1, 0.15) is 6.04 Å². The fourth-order valence-corrected chi connectivity index (χ4v) is 6.31. The first-order chi connectivity index (χ1) is 19.5. The molecule has 0 bridgehead atoms. The SMILES string of the molecule is O=C(C(=O)N(CCCN1CCCC1)C(C(=O)Nc1ccc(CO)cc1)C1CCCCC1)c1c[nH]c2ccccc12. The van der Waals surface area contributed by atoms with Gasteiger partial charge in [0, 0.05) is 29.3 Å². The predicted molar refractivity (Wildman–Crippen MR) is 156 cm³/mol. The van der Waals surface area contributed by atoms with Crippen LogP contribution in [0.3, 0.4) is 0 Å². The molecule has 3 N–H and O–H groups in total. The smallest absolute Gasteiger partial charge is 0.295 e. The fourth-order valence-electron chi connectivity index (χ4n) is 6.31. The fraction of sp³-hybridized carbons (Fsp3) is 0.469. The van der Waals surface area contributed by atoms with Crippen molar-refractivity contribution in [3.05, 3.63) is 65.9 Å². The number of Topliss-reactive ketones (excluding diaryl/α,β-unsaturated/α-hetero) is 1. The minimum absolute atomic E-state index is 0.0167. The first kappa shape index (κ1) is 28.1. The number of aromatic amines is 1. The second-order valence-corrected chi connectivity index (χ2v) is 11.2. The van der Waals surface area contributed by atoms with Crippen LogP contribution in [0.1, 0.15) is 67.3 Å². The van der Waals surface area contributed by atoms with E-state index < -0.39 is 17.7 Å². The number of H-pyrrole nitrogens is 1.